The van der Waals surface area contributed by atoms with Crippen molar-refractivity contribution in [3.05, 3.63) is 59.7 Å². The van der Waals surface area contributed by atoms with E-state index in [0.717, 1.165) is 24.0 Å². The van der Waals surface area contributed by atoms with E-state index in [9.17, 15) is 13.2 Å². The van der Waals surface area contributed by atoms with Gasteiger partial charge in [-0.25, -0.2) is 8.42 Å². The number of hydrogen-bond donors (Lipinski definition) is 0. The molecule has 1 saturated heterocycles. The normalized spacial score (nSPS) is 17.0. The van der Waals surface area contributed by atoms with Crippen LogP contribution in [0, 0.1) is 0 Å². The Morgan fingerprint density at radius 2 is 1.48 bits per heavy atom. The molecule has 3 rings (SSSR count). The van der Waals surface area contributed by atoms with Crippen molar-refractivity contribution in [2.75, 3.05) is 27.9 Å². The molecule has 0 aliphatic carbocycles. The summed E-state index contributed by atoms with van der Waals surface area (Å²) in [7, 11) is 0.274. The lowest BCUT2D eigenvalue weighted by atomic mass is 10.1. The molecule has 1 fully saturated rings. The van der Waals surface area contributed by atoms with Crippen molar-refractivity contribution in [3.63, 3.8) is 0 Å². The zero-order chi connectivity index (χ0) is 23.8. The second-order valence-corrected chi connectivity index (χ2v) is 10.0. The number of carbonyl (C=O) groups is 1. The van der Waals surface area contributed by atoms with E-state index in [4.69, 9.17) is 18.9 Å². The first-order chi connectivity index (χ1) is 15.9. The summed E-state index contributed by atoms with van der Waals surface area (Å²) in [6, 6.07) is 14.3. The van der Waals surface area contributed by atoms with Crippen molar-refractivity contribution in [3.8, 4) is 11.5 Å². The van der Waals surface area contributed by atoms with Crippen molar-refractivity contribution in [1.82, 2.24) is 4.31 Å². The van der Waals surface area contributed by atoms with Gasteiger partial charge in [-0.2, -0.15) is 4.31 Å². The van der Waals surface area contributed by atoms with Gasteiger partial charge in [0.05, 0.1) is 27.4 Å². The van der Waals surface area contributed by atoms with Crippen LogP contribution in [0.5, 0.6) is 11.5 Å². The van der Waals surface area contributed by atoms with Crippen LogP contribution in [0.25, 0.3) is 0 Å². The monoisotopic (exact) mass is 477 g/mol. The molecule has 1 aliphatic rings. The summed E-state index contributed by atoms with van der Waals surface area (Å²) in [5.74, 6) is 0.572. The van der Waals surface area contributed by atoms with Crippen LogP contribution >= 0.6 is 0 Å². The van der Waals surface area contributed by atoms with Crippen LogP contribution in [0.15, 0.2) is 48.5 Å². The van der Waals surface area contributed by atoms with E-state index in [1.807, 2.05) is 24.3 Å². The van der Waals surface area contributed by atoms with Crippen LogP contribution in [0.3, 0.4) is 0 Å². The fraction of sp³-hybridized carbons (Fsp3) is 0.458. The zero-order valence-electron chi connectivity index (χ0n) is 19.2. The molecule has 2 aromatic carbocycles. The molecule has 180 valence electrons. The molecule has 0 bridgehead atoms. The summed E-state index contributed by atoms with van der Waals surface area (Å²) in [5.41, 5.74) is 1.54. The molecule has 0 amide bonds. The fourth-order valence-electron chi connectivity index (χ4n) is 3.82. The van der Waals surface area contributed by atoms with Crippen LogP contribution in [0.4, 0.5) is 0 Å². The van der Waals surface area contributed by atoms with Gasteiger partial charge in [-0.05, 0) is 48.2 Å². The molecule has 0 spiro atoms. The summed E-state index contributed by atoms with van der Waals surface area (Å²) in [6.45, 7) is 0.759. The standard InChI is InChI=1S/C24H31NO7S/c1-29-20-10-6-18(7-11-20)16-25(17-19-8-12-21(30-2)13-9-19)33(27,28)23(24(26)31-3)15-22-5-4-14-32-22/h6-13,22-23H,4-5,14-17H2,1-3H3/t22-,23+/m1/s1. The lowest BCUT2D eigenvalue weighted by Crippen LogP contribution is -2.44. The van der Waals surface area contributed by atoms with E-state index in [-0.39, 0.29) is 25.6 Å². The molecule has 0 N–H and O–H groups in total. The van der Waals surface area contributed by atoms with Crippen LogP contribution in [-0.4, -0.2) is 58.0 Å². The molecular formula is C24H31NO7S. The molecular weight excluding hydrogens is 446 g/mol. The largest absolute Gasteiger partial charge is 0.497 e. The van der Waals surface area contributed by atoms with Crippen molar-refractivity contribution in [2.24, 2.45) is 0 Å². The number of rotatable bonds is 11. The number of nitrogens with zero attached hydrogens (tertiary/aromatic N) is 1. The Kier molecular flexibility index (Phi) is 8.71. The Bertz CT molecular complexity index is 951. The molecule has 0 radical (unpaired) electrons. The maximum atomic E-state index is 13.8. The third-order valence-corrected chi connectivity index (χ3v) is 7.80. The predicted octanol–water partition coefficient (Wildman–Crippen LogP) is 3.15. The van der Waals surface area contributed by atoms with Gasteiger partial charge >= 0.3 is 5.97 Å². The highest BCUT2D eigenvalue weighted by Crippen LogP contribution is 2.26. The van der Waals surface area contributed by atoms with E-state index in [0.29, 0.717) is 18.1 Å². The van der Waals surface area contributed by atoms with Gasteiger partial charge in [0, 0.05) is 26.1 Å². The summed E-state index contributed by atoms with van der Waals surface area (Å²) in [6.07, 6.45) is 1.35. The Hall–Kier alpha value is -2.62. The summed E-state index contributed by atoms with van der Waals surface area (Å²) >= 11 is 0. The minimum atomic E-state index is -4.07. The van der Waals surface area contributed by atoms with E-state index in [1.165, 1.54) is 11.4 Å². The number of methoxy groups -OCH3 is 3. The predicted molar refractivity (Wildman–Crippen MR) is 124 cm³/mol. The van der Waals surface area contributed by atoms with Crippen molar-refractivity contribution in [1.29, 1.82) is 0 Å². The van der Waals surface area contributed by atoms with Gasteiger partial charge in [0.15, 0.2) is 5.25 Å². The van der Waals surface area contributed by atoms with Crippen LogP contribution < -0.4 is 9.47 Å². The minimum Gasteiger partial charge on any atom is -0.497 e. The Morgan fingerprint density at radius 1 is 0.970 bits per heavy atom. The molecule has 2 aromatic rings. The number of benzene rings is 2. The third kappa shape index (κ3) is 6.46. The van der Waals surface area contributed by atoms with Gasteiger partial charge in [-0.3, -0.25) is 4.79 Å². The highest BCUT2D eigenvalue weighted by atomic mass is 32.2. The molecule has 0 unspecified atom stereocenters. The van der Waals surface area contributed by atoms with Gasteiger partial charge in [-0.15, -0.1) is 0 Å². The number of sulfonamides is 1. The smallest absolute Gasteiger partial charge is 0.325 e. The van der Waals surface area contributed by atoms with Crippen LogP contribution in [-0.2, 0) is 37.4 Å². The zero-order valence-corrected chi connectivity index (χ0v) is 20.0. The minimum absolute atomic E-state index is 0.0662. The van der Waals surface area contributed by atoms with Crippen LogP contribution in [0.2, 0.25) is 0 Å². The second kappa shape index (κ2) is 11.5. The van der Waals surface area contributed by atoms with Gasteiger partial charge in [0.1, 0.15) is 11.5 Å². The first-order valence-corrected chi connectivity index (χ1v) is 12.3. The molecule has 33 heavy (non-hydrogen) atoms. The first kappa shape index (κ1) is 25.0. The lowest BCUT2D eigenvalue weighted by Gasteiger charge is -2.28. The number of hydrogen-bond acceptors (Lipinski definition) is 7. The molecule has 8 nitrogen and oxygen atoms in total. The Morgan fingerprint density at radius 3 is 1.88 bits per heavy atom. The number of esters is 1. The van der Waals surface area contributed by atoms with Crippen LogP contribution in [0.1, 0.15) is 30.4 Å². The van der Waals surface area contributed by atoms with Crippen molar-refractivity contribution >= 4 is 16.0 Å². The Balaban J connectivity index is 1.92. The number of ether oxygens (including phenoxy) is 4. The highest BCUT2D eigenvalue weighted by Gasteiger charge is 2.41. The quantitative estimate of drug-likeness (QED) is 0.459. The lowest BCUT2D eigenvalue weighted by molar-refractivity contribution is -0.140. The van der Waals surface area contributed by atoms with Gasteiger partial charge in [0.2, 0.25) is 10.0 Å². The highest BCUT2D eigenvalue weighted by molar-refractivity contribution is 7.90. The topological polar surface area (TPSA) is 91.4 Å². The summed E-state index contributed by atoms with van der Waals surface area (Å²) in [4.78, 5) is 12.6. The molecule has 2 atom stereocenters. The first-order valence-electron chi connectivity index (χ1n) is 10.8. The Labute approximate surface area is 195 Å². The molecule has 9 heteroatoms. The second-order valence-electron chi connectivity index (χ2n) is 7.89. The molecule has 0 saturated carbocycles. The van der Waals surface area contributed by atoms with Gasteiger partial charge in [0.25, 0.3) is 0 Å². The van der Waals surface area contributed by atoms with Crippen molar-refractivity contribution in [2.45, 2.75) is 43.7 Å². The third-order valence-electron chi connectivity index (χ3n) is 5.72. The average Bonchev–Trinajstić information content (AvgIpc) is 3.36. The molecule has 0 aromatic heterocycles. The summed E-state index contributed by atoms with van der Waals surface area (Å²) < 4.78 is 49.8. The summed E-state index contributed by atoms with van der Waals surface area (Å²) in [5, 5.41) is -1.35. The van der Waals surface area contributed by atoms with E-state index >= 15 is 0 Å². The van der Waals surface area contributed by atoms with E-state index in [2.05, 4.69) is 0 Å². The van der Waals surface area contributed by atoms with Gasteiger partial charge in [-0.1, -0.05) is 24.3 Å². The average molecular weight is 478 g/mol. The molecule has 1 aliphatic heterocycles. The van der Waals surface area contributed by atoms with Crippen molar-refractivity contribution < 1.29 is 32.2 Å². The van der Waals surface area contributed by atoms with E-state index in [1.54, 1.807) is 38.5 Å². The van der Waals surface area contributed by atoms with Gasteiger partial charge < -0.3 is 18.9 Å². The molecule has 1 heterocycles. The maximum absolute atomic E-state index is 13.8. The SMILES string of the molecule is COC(=O)[C@H](C[C@H]1CCCO1)S(=O)(=O)N(Cc1ccc(OC)cc1)Cc1ccc(OC)cc1. The number of carbonyl (C=O) groups excluding carboxylic acids is 1. The fourth-order valence-corrected chi connectivity index (χ4v) is 5.64. The van der Waals surface area contributed by atoms with E-state index < -0.39 is 21.2 Å². The maximum Gasteiger partial charge on any atom is 0.325 e.